The minimum Gasteiger partial charge on any atom is -0.309 e. The Kier molecular flexibility index (Phi) is 5.77. The molecule has 3 heteroatoms. The summed E-state index contributed by atoms with van der Waals surface area (Å²) in [4.78, 5) is 0. The molecule has 1 atom stereocenters. The van der Waals surface area contributed by atoms with Crippen LogP contribution in [0.25, 0.3) is 0 Å². The first-order valence-corrected chi connectivity index (χ1v) is 8.51. The van der Waals surface area contributed by atoms with E-state index in [4.69, 9.17) is 23.2 Å². The zero-order valence-corrected chi connectivity index (χ0v) is 14.0. The van der Waals surface area contributed by atoms with Crippen molar-refractivity contribution in [2.45, 2.75) is 58.4 Å². The molecule has 0 radical (unpaired) electrons. The predicted octanol–water partition coefficient (Wildman–Crippen LogP) is 6.00. The molecule has 1 nitrogen and oxygen atoms in total. The Hall–Kier alpha value is -0.240. The smallest absolute Gasteiger partial charge is 0.0468 e. The van der Waals surface area contributed by atoms with E-state index in [9.17, 15) is 0 Å². The third kappa shape index (κ3) is 3.69. The van der Waals surface area contributed by atoms with Crippen molar-refractivity contribution in [3.8, 4) is 0 Å². The van der Waals surface area contributed by atoms with Gasteiger partial charge in [-0.2, -0.15) is 0 Å². The van der Waals surface area contributed by atoms with Crippen LogP contribution >= 0.6 is 23.2 Å². The lowest BCUT2D eigenvalue weighted by Gasteiger charge is -2.42. The fourth-order valence-corrected chi connectivity index (χ4v) is 3.92. The van der Waals surface area contributed by atoms with Crippen LogP contribution in [0.15, 0.2) is 18.2 Å². The topological polar surface area (TPSA) is 12.0 Å². The van der Waals surface area contributed by atoms with E-state index in [1.807, 2.05) is 12.1 Å². The predicted molar refractivity (Wildman–Crippen MR) is 88.7 cm³/mol. The molecule has 1 aromatic rings. The van der Waals surface area contributed by atoms with Crippen LogP contribution in [-0.2, 0) is 0 Å². The van der Waals surface area contributed by atoms with Gasteiger partial charge < -0.3 is 5.32 Å². The highest BCUT2D eigenvalue weighted by Gasteiger charge is 2.36. The Balaban J connectivity index is 2.30. The molecule has 0 aliphatic heterocycles. The fraction of sp³-hybridized carbons (Fsp3) is 0.647. The maximum absolute atomic E-state index is 6.46. The van der Waals surface area contributed by atoms with Crippen molar-refractivity contribution >= 4 is 23.2 Å². The van der Waals surface area contributed by atoms with Gasteiger partial charge in [0.05, 0.1) is 0 Å². The van der Waals surface area contributed by atoms with Crippen LogP contribution in [0.3, 0.4) is 0 Å². The molecule has 0 amide bonds. The van der Waals surface area contributed by atoms with Gasteiger partial charge in [-0.15, -0.1) is 0 Å². The molecule has 0 spiro atoms. The van der Waals surface area contributed by atoms with Crippen molar-refractivity contribution in [3.05, 3.63) is 33.8 Å². The van der Waals surface area contributed by atoms with Gasteiger partial charge in [0, 0.05) is 16.1 Å². The Labute approximate surface area is 133 Å². The molecule has 20 heavy (non-hydrogen) atoms. The monoisotopic (exact) mass is 313 g/mol. The first kappa shape index (κ1) is 16.1. The van der Waals surface area contributed by atoms with E-state index in [1.54, 1.807) is 0 Å². The molecule has 112 valence electrons. The van der Waals surface area contributed by atoms with E-state index in [1.165, 1.54) is 37.7 Å². The highest BCUT2D eigenvalue weighted by atomic mass is 35.5. The Morgan fingerprint density at radius 2 is 1.90 bits per heavy atom. The van der Waals surface area contributed by atoms with Gasteiger partial charge in [0.15, 0.2) is 0 Å². The normalized spacial score (nSPS) is 19.8. The molecule has 1 aliphatic rings. The summed E-state index contributed by atoms with van der Waals surface area (Å²) in [6.45, 7) is 5.64. The van der Waals surface area contributed by atoms with Crippen LogP contribution in [0, 0.1) is 5.41 Å². The molecule has 1 N–H and O–H groups in total. The third-order valence-corrected chi connectivity index (χ3v) is 5.13. The summed E-state index contributed by atoms with van der Waals surface area (Å²) in [5.74, 6) is 0. The molecule has 0 bridgehead atoms. The van der Waals surface area contributed by atoms with E-state index in [0.29, 0.717) is 16.5 Å². The van der Waals surface area contributed by atoms with Gasteiger partial charge in [-0.1, -0.05) is 62.4 Å². The van der Waals surface area contributed by atoms with Crippen LogP contribution in [-0.4, -0.2) is 6.54 Å². The van der Waals surface area contributed by atoms with Gasteiger partial charge in [-0.05, 0) is 48.9 Å². The first-order chi connectivity index (χ1) is 9.57. The number of hydrogen-bond donors (Lipinski definition) is 1. The highest BCUT2D eigenvalue weighted by molar-refractivity contribution is 6.35. The van der Waals surface area contributed by atoms with Crippen LogP contribution in [0.4, 0.5) is 0 Å². The molecule has 0 saturated heterocycles. The van der Waals surface area contributed by atoms with Gasteiger partial charge in [0.25, 0.3) is 0 Å². The molecular weight excluding hydrogens is 289 g/mol. The molecule has 1 unspecified atom stereocenters. The zero-order chi connectivity index (χ0) is 14.6. The summed E-state index contributed by atoms with van der Waals surface area (Å²) in [5.41, 5.74) is 1.50. The Morgan fingerprint density at radius 1 is 1.20 bits per heavy atom. The van der Waals surface area contributed by atoms with Crippen molar-refractivity contribution < 1.29 is 0 Å². The maximum atomic E-state index is 6.46. The summed E-state index contributed by atoms with van der Waals surface area (Å²) in [7, 11) is 0. The van der Waals surface area contributed by atoms with Crippen LogP contribution in [0.2, 0.25) is 10.0 Å². The standard InChI is InChI=1S/C17H25Cl2N/c1-3-11-20-16(17(2)9-5-4-6-10-17)14-8-7-13(18)12-15(14)19/h7-8,12,16,20H,3-6,9-11H2,1-2H3. The van der Waals surface area contributed by atoms with E-state index < -0.39 is 0 Å². The maximum Gasteiger partial charge on any atom is 0.0468 e. The largest absolute Gasteiger partial charge is 0.309 e. The highest BCUT2D eigenvalue weighted by Crippen LogP contribution is 2.47. The van der Waals surface area contributed by atoms with Gasteiger partial charge in [-0.3, -0.25) is 0 Å². The van der Waals surface area contributed by atoms with E-state index in [0.717, 1.165) is 18.0 Å². The third-order valence-electron chi connectivity index (χ3n) is 4.56. The molecule has 0 aromatic heterocycles. The van der Waals surface area contributed by atoms with E-state index >= 15 is 0 Å². The average molecular weight is 314 g/mol. The Bertz CT molecular complexity index is 439. The van der Waals surface area contributed by atoms with Crippen LogP contribution in [0.1, 0.15) is 64.0 Å². The summed E-state index contributed by atoms with van der Waals surface area (Å²) < 4.78 is 0. The van der Waals surface area contributed by atoms with Crippen molar-refractivity contribution in [1.82, 2.24) is 5.32 Å². The molecule has 1 aromatic carbocycles. The number of hydrogen-bond acceptors (Lipinski definition) is 1. The van der Waals surface area contributed by atoms with E-state index in [-0.39, 0.29) is 0 Å². The minimum absolute atomic E-state index is 0.297. The van der Waals surface area contributed by atoms with Gasteiger partial charge in [0.2, 0.25) is 0 Å². The van der Waals surface area contributed by atoms with Gasteiger partial charge in [-0.25, -0.2) is 0 Å². The van der Waals surface area contributed by atoms with Crippen molar-refractivity contribution in [1.29, 1.82) is 0 Å². The molecule has 1 fully saturated rings. The zero-order valence-electron chi connectivity index (χ0n) is 12.5. The summed E-state index contributed by atoms with van der Waals surface area (Å²) in [6, 6.07) is 6.24. The molecular formula is C17H25Cl2N. The molecule has 1 aliphatic carbocycles. The average Bonchev–Trinajstić information content (AvgIpc) is 2.42. The second-order valence-corrected chi connectivity index (χ2v) is 7.11. The van der Waals surface area contributed by atoms with E-state index in [2.05, 4.69) is 25.2 Å². The minimum atomic E-state index is 0.297. The molecule has 0 heterocycles. The second kappa shape index (κ2) is 7.15. The quantitative estimate of drug-likeness (QED) is 0.702. The number of rotatable bonds is 5. The molecule has 2 rings (SSSR count). The van der Waals surface area contributed by atoms with Gasteiger partial charge in [0.1, 0.15) is 0 Å². The number of benzene rings is 1. The second-order valence-electron chi connectivity index (χ2n) is 6.27. The van der Waals surface area contributed by atoms with Crippen LogP contribution in [0.5, 0.6) is 0 Å². The fourth-order valence-electron chi connectivity index (χ4n) is 3.40. The lowest BCUT2D eigenvalue weighted by Crippen LogP contribution is -2.38. The SMILES string of the molecule is CCCNC(c1ccc(Cl)cc1Cl)C1(C)CCCCC1. The van der Waals surface area contributed by atoms with Crippen molar-refractivity contribution in [2.24, 2.45) is 5.41 Å². The Morgan fingerprint density at radius 3 is 2.50 bits per heavy atom. The number of nitrogens with one attached hydrogen (secondary N) is 1. The lowest BCUT2D eigenvalue weighted by molar-refractivity contribution is 0.145. The van der Waals surface area contributed by atoms with Crippen molar-refractivity contribution in [2.75, 3.05) is 6.54 Å². The first-order valence-electron chi connectivity index (χ1n) is 7.75. The summed E-state index contributed by atoms with van der Waals surface area (Å²) in [5, 5.41) is 5.23. The summed E-state index contributed by atoms with van der Waals surface area (Å²) >= 11 is 12.5. The summed E-state index contributed by atoms with van der Waals surface area (Å²) in [6.07, 6.45) is 7.70. The number of halogens is 2. The van der Waals surface area contributed by atoms with Crippen molar-refractivity contribution in [3.63, 3.8) is 0 Å². The lowest BCUT2D eigenvalue weighted by atomic mass is 9.68. The van der Waals surface area contributed by atoms with Crippen LogP contribution < -0.4 is 5.32 Å². The van der Waals surface area contributed by atoms with Gasteiger partial charge >= 0.3 is 0 Å². The molecule has 1 saturated carbocycles.